The Morgan fingerprint density at radius 3 is 2.00 bits per heavy atom. The van der Waals surface area contributed by atoms with E-state index in [1.807, 2.05) is 0 Å². The number of aryl methyl sites for hydroxylation is 1. The summed E-state index contributed by atoms with van der Waals surface area (Å²) < 4.78 is 78.8. The zero-order chi connectivity index (χ0) is 17.2. The molecular weight excluding hydrogens is 318 g/mol. The number of halogens is 6. The SMILES string of the molecule is C=CCCc1ccc(-c2cc(F)c(C(F)(F)F)c(F)c2)c(F)c1. The second-order valence-electron chi connectivity index (χ2n) is 4.95. The summed E-state index contributed by atoms with van der Waals surface area (Å²) in [6, 6.07) is 4.98. The van der Waals surface area contributed by atoms with Crippen molar-refractivity contribution in [3.05, 3.63) is 71.6 Å². The molecule has 6 heteroatoms. The standard InChI is InChI=1S/C17H12F6/c1-2-3-4-10-5-6-12(13(18)7-10)11-8-14(19)16(15(20)9-11)17(21,22)23/h2,5-9H,1,3-4H2. The second kappa shape index (κ2) is 6.48. The lowest BCUT2D eigenvalue weighted by molar-refractivity contribution is -0.142. The Balaban J connectivity index is 2.45. The fourth-order valence-corrected chi connectivity index (χ4v) is 2.22. The van der Waals surface area contributed by atoms with Gasteiger partial charge in [0.2, 0.25) is 0 Å². The van der Waals surface area contributed by atoms with Crippen LogP contribution >= 0.6 is 0 Å². The van der Waals surface area contributed by atoms with E-state index >= 15 is 0 Å². The topological polar surface area (TPSA) is 0 Å². The van der Waals surface area contributed by atoms with Crippen molar-refractivity contribution in [2.24, 2.45) is 0 Å². The Hall–Kier alpha value is -2.24. The molecule has 0 bridgehead atoms. The minimum Gasteiger partial charge on any atom is -0.206 e. The first-order valence-corrected chi connectivity index (χ1v) is 6.70. The molecule has 0 spiro atoms. The van der Waals surface area contributed by atoms with E-state index in [0.717, 1.165) is 0 Å². The largest absolute Gasteiger partial charge is 0.422 e. The highest BCUT2D eigenvalue weighted by atomic mass is 19.4. The highest BCUT2D eigenvalue weighted by Gasteiger charge is 2.38. The summed E-state index contributed by atoms with van der Waals surface area (Å²) >= 11 is 0. The van der Waals surface area contributed by atoms with E-state index in [4.69, 9.17) is 0 Å². The minimum absolute atomic E-state index is 0.168. The van der Waals surface area contributed by atoms with Crippen LogP contribution in [0.25, 0.3) is 11.1 Å². The van der Waals surface area contributed by atoms with Gasteiger partial charge in [0, 0.05) is 5.56 Å². The predicted octanol–water partition coefficient (Wildman–Crippen LogP) is 5.91. The van der Waals surface area contributed by atoms with Gasteiger partial charge in [0.1, 0.15) is 23.0 Å². The molecule has 0 aliphatic carbocycles. The van der Waals surface area contributed by atoms with Crippen molar-refractivity contribution in [3.8, 4) is 11.1 Å². The Labute approximate surface area is 129 Å². The Kier molecular flexibility index (Phi) is 4.82. The summed E-state index contributed by atoms with van der Waals surface area (Å²) in [6.07, 6.45) is -2.33. The van der Waals surface area contributed by atoms with Crippen LogP contribution in [-0.2, 0) is 12.6 Å². The zero-order valence-electron chi connectivity index (χ0n) is 11.9. The zero-order valence-corrected chi connectivity index (χ0v) is 11.9. The first-order chi connectivity index (χ1) is 10.7. The van der Waals surface area contributed by atoms with Crippen LogP contribution in [-0.4, -0.2) is 0 Å². The van der Waals surface area contributed by atoms with Crippen molar-refractivity contribution < 1.29 is 26.3 Å². The van der Waals surface area contributed by atoms with E-state index in [1.165, 1.54) is 12.1 Å². The van der Waals surface area contributed by atoms with Gasteiger partial charge < -0.3 is 0 Å². The Morgan fingerprint density at radius 1 is 0.913 bits per heavy atom. The molecule has 0 aliphatic heterocycles. The number of hydrogen-bond acceptors (Lipinski definition) is 0. The van der Waals surface area contributed by atoms with E-state index < -0.39 is 29.2 Å². The molecular formula is C17H12F6. The molecule has 0 unspecified atom stereocenters. The van der Waals surface area contributed by atoms with Crippen LogP contribution in [0.4, 0.5) is 26.3 Å². The average molecular weight is 330 g/mol. The van der Waals surface area contributed by atoms with E-state index in [9.17, 15) is 26.3 Å². The smallest absolute Gasteiger partial charge is 0.206 e. The van der Waals surface area contributed by atoms with Gasteiger partial charge in [0.15, 0.2) is 0 Å². The fourth-order valence-electron chi connectivity index (χ4n) is 2.22. The van der Waals surface area contributed by atoms with Gasteiger partial charge in [0.05, 0.1) is 0 Å². The number of hydrogen-bond donors (Lipinski definition) is 0. The molecule has 0 aromatic heterocycles. The summed E-state index contributed by atoms with van der Waals surface area (Å²) in [7, 11) is 0. The number of benzene rings is 2. The molecule has 0 saturated carbocycles. The summed E-state index contributed by atoms with van der Waals surface area (Å²) in [4.78, 5) is 0. The van der Waals surface area contributed by atoms with Crippen LogP contribution in [0.2, 0.25) is 0 Å². The maximum Gasteiger partial charge on any atom is 0.422 e. The third-order valence-electron chi connectivity index (χ3n) is 3.31. The molecule has 2 aromatic carbocycles. The van der Waals surface area contributed by atoms with E-state index in [2.05, 4.69) is 6.58 Å². The molecule has 2 rings (SSSR count). The second-order valence-corrected chi connectivity index (χ2v) is 4.95. The number of rotatable bonds is 4. The van der Waals surface area contributed by atoms with Gasteiger partial charge in [0.25, 0.3) is 0 Å². The summed E-state index contributed by atoms with van der Waals surface area (Å²) in [6.45, 7) is 3.54. The van der Waals surface area contributed by atoms with E-state index in [1.54, 1.807) is 12.1 Å². The van der Waals surface area contributed by atoms with Crippen LogP contribution in [0.1, 0.15) is 17.5 Å². The van der Waals surface area contributed by atoms with Crippen molar-refractivity contribution in [1.29, 1.82) is 0 Å². The molecule has 0 fully saturated rings. The number of allylic oxidation sites excluding steroid dienone is 1. The van der Waals surface area contributed by atoms with Crippen molar-refractivity contribution in [1.82, 2.24) is 0 Å². The molecule has 0 nitrogen and oxygen atoms in total. The van der Waals surface area contributed by atoms with E-state index in [0.29, 0.717) is 30.5 Å². The predicted molar refractivity (Wildman–Crippen MR) is 75.3 cm³/mol. The molecule has 23 heavy (non-hydrogen) atoms. The minimum atomic E-state index is -5.15. The molecule has 0 atom stereocenters. The maximum absolute atomic E-state index is 14.1. The van der Waals surface area contributed by atoms with Gasteiger partial charge in [-0.1, -0.05) is 18.2 Å². The van der Waals surface area contributed by atoms with Crippen LogP contribution in [0.3, 0.4) is 0 Å². The fraction of sp³-hybridized carbons (Fsp3) is 0.176. The average Bonchev–Trinajstić information content (AvgIpc) is 2.42. The monoisotopic (exact) mass is 330 g/mol. The third-order valence-corrected chi connectivity index (χ3v) is 3.31. The highest BCUT2D eigenvalue weighted by Crippen LogP contribution is 2.36. The van der Waals surface area contributed by atoms with Gasteiger partial charge in [-0.15, -0.1) is 6.58 Å². The lowest BCUT2D eigenvalue weighted by Gasteiger charge is -2.12. The molecule has 2 aromatic rings. The molecule has 0 saturated heterocycles. The quantitative estimate of drug-likeness (QED) is 0.483. The first-order valence-electron chi connectivity index (χ1n) is 6.70. The summed E-state index contributed by atoms with van der Waals surface area (Å²) in [5.41, 5.74) is -1.79. The van der Waals surface area contributed by atoms with E-state index in [-0.39, 0.29) is 11.1 Å². The van der Waals surface area contributed by atoms with Gasteiger partial charge in [-0.2, -0.15) is 13.2 Å². The van der Waals surface area contributed by atoms with Gasteiger partial charge >= 0.3 is 6.18 Å². The lowest BCUT2D eigenvalue weighted by atomic mass is 9.99. The first kappa shape index (κ1) is 17.1. The van der Waals surface area contributed by atoms with Gasteiger partial charge in [-0.25, -0.2) is 13.2 Å². The van der Waals surface area contributed by atoms with Crippen molar-refractivity contribution in [3.63, 3.8) is 0 Å². The summed E-state index contributed by atoms with van der Waals surface area (Å²) in [5.74, 6) is -4.31. The number of alkyl halides is 3. The molecule has 0 radical (unpaired) electrons. The van der Waals surface area contributed by atoms with Crippen LogP contribution in [0.5, 0.6) is 0 Å². The normalized spacial score (nSPS) is 11.6. The Bertz CT molecular complexity index is 707. The molecule has 0 amide bonds. The van der Waals surface area contributed by atoms with Crippen molar-refractivity contribution in [2.45, 2.75) is 19.0 Å². The van der Waals surface area contributed by atoms with Crippen molar-refractivity contribution >= 4 is 0 Å². The van der Waals surface area contributed by atoms with Crippen LogP contribution in [0.15, 0.2) is 43.0 Å². The molecule has 0 heterocycles. The molecule has 0 aliphatic rings. The molecule has 0 N–H and O–H groups in total. The van der Waals surface area contributed by atoms with Crippen LogP contribution < -0.4 is 0 Å². The van der Waals surface area contributed by atoms with Gasteiger partial charge in [-0.3, -0.25) is 0 Å². The third kappa shape index (κ3) is 3.75. The van der Waals surface area contributed by atoms with Crippen LogP contribution in [0, 0.1) is 17.5 Å². The van der Waals surface area contributed by atoms with Crippen molar-refractivity contribution in [2.75, 3.05) is 0 Å². The lowest BCUT2D eigenvalue weighted by Crippen LogP contribution is -2.11. The summed E-state index contributed by atoms with van der Waals surface area (Å²) in [5, 5.41) is 0. The Morgan fingerprint density at radius 2 is 1.52 bits per heavy atom. The van der Waals surface area contributed by atoms with Gasteiger partial charge in [-0.05, 0) is 42.2 Å². The highest BCUT2D eigenvalue weighted by molar-refractivity contribution is 5.65. The maximum atomic E-state index is 14.1. The molecule has 122 valence electrons.